The van der Waals surface area contributed by atoms with Crippen molar-refractivity contribution in [2.75, 3.05) is 6.61 Å². The predicted octanol–water partition coefficient (Wildman–Crippen LogP) is 4.09. The van der Waals surface area contributed by atoms with Gasteiger partial charge in [-0.3, -0.25) is 0 Å². The number of pyridine rings is 1. The van der Waals surface area contributed by atoms with Gasteiger partial charge in [0.15, 0.2) is 5.75 Å². The number of aromatic nitrogens is 1. The Balaban J connectivity index is 2.39. The maximum Gasteiger partial charge on any atom is 0.336 e. The van der Waals surface area contributed by atoms with E-state index in [0.29, 0.717) is 22.3 Å². The third kappa shape index (κ3) is 3.52. The minimum atomic E-state index is -0.964. The average Bonchev–Trinajstić information content (AvgIpc) is 2.41. The van der Waals surface area contributed by atoms with Crippen molar-refractivity contribution in [1.82, 2.24) is 4.98 Å². The fourth-order valence-corrected chi connectivity index (χ4v) is 3.09. The van der Waals surface area contributed by atoms with Gasteiger partial charge in [-0.1, -0.05) is 27.7 Å². The first kappa shape index (κ1) is 14.9. The van der Waals surface area contributed by atoms with Gasteiger partial charge in [0.25, 0.3) is 0 Å². The topological polar surface area (TPSA) is 59.4 Å². The molecule has 0 amide bonds. The molecule has 1 aromatic carbocycles. The number of carbonyl (C=O) groups is 1. The number of hydrogen-bond acceptors (Lipinski definition) is 4. The second kappa shape index (κ2) is 6.76. The zero-order chi connectivity index (χ0) is 14.5. The van der Waals surface area contributed by atoms with Crippen molar-refractivity contribution in [3.63, 3.8) is 0 Å². The van der Waals surface area contributed by atoms with Gasteiger partial charge in [-0.05, 0) is 37.3 Å². The molecule has 0 bridgehead atoms. The molecule has 1 N–H and O–H groups in total. The largest absolute Gasteiger partial charge is 0.491 e. The van der Waals surface area contributed by atoms with Crippen molar-refractivity contribution < 1.29 is 14.6 Å². The third-order valence-corrected chi connectivity index (χ3v) is 3.97. The number of hydrogen-bond donors (Lipinski definition) is 1. The van der Waals surface area contributed by atoms with Gasteiger partial charge < -0.3 is 9.84 Å². The van der Waals surface area contributed by atoms with Crippen LogP contribution in [0.5, 0.6) is 5.75 Å². The van der Waals surface area contributed by atoms with Crippen LogP contribution in [0, 0.1) is 0 Å². The van der Waals surface area contributed by atoms with Crippen LogP contribution < -0.4 is 4.74 Å². The summed E-state index contributed by atoms with van der Waals surface area (Å²) in [5, 5.41) is 9.88. The van der Waals surface area contributed by atoms with Gasteiger partial charge in [-0.15, -0.1) is 0 Å². The van der Waals surface area contributed by atoms with Crippen LogP contribution in [0.2, 0.25) is 0 Å². The van der Waals surface area contributed by atoms with Crippen LogP contribution in [0.4, 0.5) is 0 Å². The molecule has 0 spiro atoms. The van der Waals surface area contributed by atoms with E-state index in [1.807, 2.05) is 13.0 Å². The number of rotatable bonds is 5. The summed E-state index contributed by atoms with van der Waals surface area (Å²) < 4.78 is 6.32. The maximum absolute atomic E-state index is 11.3. The fourth-order valence-electron chi connectivity index (χ4n) is 1.58. The molecule has 0 fully saturated rings. The highest BCUT2D eigenvalue weighted by molar-refractivity contribution is 9.10. The molecule has 2 rings (SSSR count). The molecule has 0 atom stereocenters. The van der Waals surface area contributed by atoms with E-state index >= 15 is 0 Å². The highest BCUT2D eigenvalue weighted by Crippen LogP contribution is 2.36. The normalized spacial score (nSPS) is 10.3. The van der Waals surface area contributed by atoms with Gasteiger partial charge in [0, 0.05) is 15.6 Å². The molecule has 4 nitrogen and oxygen atoms in total. The number of halogens is 1. The number of ether oxygens (including phenoxy) is 1. The van der Waals surface area contributed by atoms with E-state index in [-0.39, 0.29) is 5.56 Å². The third-order valence-electron chi connectivity index (χ3n) is 2.42. The van der Waals surface area contributed by atoms with Crippen LogP contribution in [-0.4, -0.2) is 22.7 Å². The highest BCUT2D eigenvalue weighted by atomic mass is 79.9. The molecule has 1 aromatic heterocycles. The van der Waals surface area contributed by atoms with Crippen LogP contribution in [0.3, 0.4) is 0 Å². The van der Waals surface area contributed by atoms with Crippen molar-refractivity contribution in [3.8, 4) is 5.75 Å². The number of benzene rings is 1. The Hall–Kier alpha value is -1.53. The lowest BCUT2D eigenvalue weighted by molar-refractivity contribution is 0.0693. The van der Waals surface area contributed by atoms with E-state index < -0.39 is 5.97 Å². The zero-order valence-corrected chi connectivity index (χ0v) is 13.1. The van der Waals surface area contributed by atoms with E-state index in [1.54, 1.807) is 30.5 Å². The van der Waals surface area contributed by atoms with Crippen molar-refractivity contribution >= 4 is 33.7 Å². The van der Waals surface area contributed by atoms with Crippen LogP contribution in [-0.2, 0) is 0 Å². The van der Waals surface area contributed by atoms with E-state index in [9.17, 15) is 9.90 Å². The number of carboxylic acids is 1. The molecular weight excluding hydrogens is 342 g/mol. The Bertz CT molecular complexity index is 634. The molecule has 2 aromatic rings. The first-order valence-corrected chi connectivity index (χ1v) is 7.51. The van der Waals surface area contributed by atoms with E-state index in [2.05, 4.69) is 20.9 Å². The van der Waals surface area contributed by atoms with Gasteiger partial charge in [-0.25, -0.2) is 9.78 Å². The molecule has 1 heterocycles. The summed E-state index contributed by atoms with van der Waals surface area (Å²) in [6, 6.07) is 8.64. The molecule has 0 aliphatic rings. The lowest BCUT2D eigenvalue weighted by Gasteiger charge is -2.10. The van der Waals surface area contributed by atoms with E-state index in [0.717, 1.165) is 4.47 Å². The summed E-state index contributed by atoms with van der Waals surface area (Å²) in [6.45, 7) is 2.42. The fraction of sp³-hybridized carbons (Fsp3) is 0.143. The lowest BCUT2D eigenvalue weighted by atomic mass is 10.2. The van der Waals surface area contributed by atoms with Crippen LogP contribution in [0.1, 0.15) is 17.3 Å². The number of aromatic carboxylic acids is 1. The van der Waals surface area contributed by atoms with Crippen molar-refractivity contribution in [2.45, 2.75) is 16.8 Å². The van der Waals surface area contributed by atoms with Gasteiger partial charge in [0.2, 0.25) is 0 Å². The standard InChI is InChI=1S/C14H12BrNO3S/c1-2-19-11-4-3-7-16-13(11)20-12-8-9(15)5-6-10(12)14(17)18/h3-8H,2H2,1H3,(H,17,18). The second-order valence-electron chi connectivity index (χ2n) is 3.79. The molecular formula is C14H12BrNO3S. The summed E-state index contributed by atoms with van der Waals surface area (Å²) in [6.07, 6.45) is 1.66. The predicted molar refractivity (Wildman–Crippen MR) is 80.6 cm³/mol. The average molecular weight is 354 g/mol. The summed E-state index contributed by atoms with van der Waals surface area (Å²) in [5.74, 6) is -0.315. The maximum atomic E-state index is 11.3. The summed E-state index contributed by atoms with van der Waals surface area (Å²) in [4.78, 5) is 16.1. The Morgan fingerprint density at radius 1 is 1.45 bits per heavy atom. The molecule has 0 aliphatic heterocycles. The summed E-state index contributed by atoms with van der Waals surface area (Å²) >= 11 is 4.63. The van der Waals surface area contributed by atoms with Gasteiger partial charge >= 0.3 is 5.97 Å². The molecule has 0 saturated heterocycles. The van der Waals surface area contributed by atoms with E-state index in [4.69, 9.17) is 4.74 Å². The van der Waals surface area contributed by atoms with E-state index in [1.165, 1.54) is 11.8 Å². The van der Waals surface area contributed by atoms with Crippen molar-refractivity contribution in [1.29, 1.82) is 0 Å². The minimum Gasteiger partial charge on any atom is -0.491 e. The van der Waals surface area contributed by atoms with Crippen molar-refractivity contribution in [2.24, 2.45) is 0 Å². The molecule has 6 heteroatoms. The zero-order valence-electron chi connectivity index (χ0n) is 10.7. The second-order valence-corrected chi connectivity index (χ2v) is 5.73. The monoisotopic (exact) mass is 353 g/mol. The molecule has 0 saturated carbocycles. The molecule has 0 unspecified atom stereocenters. The van der Waals surface area contributed by atoms with Crippen LogP contribution in [0.25, 0.3) is 0 Å². The molecule has 104 valence electrons. The summed E-state index contributed by atoms with van der Waals surface area (Å²) in [5.41, 5.74) is 0.242. The first-order valence-electron chi connectivity index (χ1n) is 5.90. The smallest absolute Gasteiger partial charge is 0.336 e. The SMILES string of the molecule is CCOc1cccnc1Sc1cc(Br)ccc1C(=O)O. The Kier molecular flexibility index (Phi) is 5.03. The number of carboxylic acid groups (broad SMARTS) is 1. The van der Waals surface area contributed by atoms with Gasteiger partial charge in [0.05, 0.1) is 12.2 Å². The lowest BCUT2D eigenvalue weighted by Crippen LogP contribution is -1.99. The molecule has 0 radical (unpaired) electrons. The molecule has 0 aliphatic carbocycles. The highest BCUT2D eigenvalue weighted by Gasteiger charge is 2.14. The van der Waals surface area contributed by atoms with Gasteiger partial charge in [0.1, 0.15) is 5.03 Å². The van der Waals surface area contributed by atoms with Crippen LogP contribution >= 0.6 is 27.7 Å². The Labute approximate surface area is 129 Å². The van der Waals surface area contributed by atoms with Gasteiger partial charge in [-0.2, -0.15) is 0 Å². The number of nitrogens with zero attached hydrogens (tertiary/aromatic N) is 1. The minimum absolute atomic E-state index is 0.242. The molecule has 20 heavy (non-hydrogen) atoms. The quantitative estimate of drug-likeness (QED) is 0.876. The van der Waals surface area contributed by atoms with Crippen molar-refractivity contribution in [3.05, 3.63) is 46.6 Å². The summed E-state index contributed by atoms with van der Waals surface area (Å²) in [7, 11) is 0. The van der Waals surface area contributed by atoms with Crippen LogP contribution in [0.15, 0.2) is 50.9 Å². The first-order chi connectivity index (χ1) is 9.61. The Morgan fingerprint density at radius 3 is 2.95 bits per heavy atom. The Morgan fingerprint density at radius 2 is 2.25 bits per heavy atom.